The number of hydrogen-bond donors (Lipinski definition) is 1. The number of unbranched alkanes of at least 4 members (excludes halogenated alkanes) is 1. The zero-order valence-electron chi connectivity index (χ0n) is 12.3. The van der Waals surface area contributed by atoms with Crippen LogP contribution in [0.25, 0.3) is 0 Å². The molecule has 2 rings (SSSR count). The van der Waals surface area contributed by atoms with Crippen LogP contribution in [0, 0.1) is 0 Å². The Morgan fingerprint density at radius 3 is 2.50 bits per heavy atom. The van der Waals surface area contributed by atoms with Crippen molar-refractivity contribution in [1.82, 2.24) is 0 Å². The van der Waals surface area contributed by atoms with Crippen molar-refractivity contribution >= 4 is 21.5 Å². The zero-order valence-corrected chi connectivity index (χ0v) is 13.1. The molecule has 0 aromatic heterocycles. The molecule has 110 valence electrons. The van der Waals surface area contributed by atoms with Gasteiger partial charge in [-0.15, -0.1) is 0 Å². The third kappa shape index (κ3) is 2.94. The Morgan fingerprint density at radius 2 is 1.85 bits per heavy atom. The Kier molecular flexibility index (Phi) is 4.02. The number of hydrogen-bond acceptors (Lipinski definition) is 2. The van der Waals surface area contributed by atoms with E-state index in [1.807, 2.05) is 6.07 Å². The lowest BCUT2D eigenvalue weighted by Gasteiger charge is -2.14. The van der Waals surface area contributed by atoms with Crippen molar-refractivity contribution in [2.45, 2.75) is 39.0 Å². The lowest BCUT2D eigenvalue weighted by atomic mass is 9.82. The summed E-state index contributed by atoms with van der Waals surface area (Å²) in [4.78, 5) is 0. The van der Waals surface area contributed by atoms with E-state index in [-0.39, 0.29) is 11.2 Å². The van der Waals surface area contributed by atoms with Crippen LogP contribution in [0.2, 0.25) is 0 Å². The molecule has 0 radical (unpaired) electrons. The standard InChI is InChI=1S/C15H21NO3S/c1-12-15(2,3)13-8-4-5-9-14(13)16(12)10-6-7-11-20(17,18)19/h4-5,8-9H,6-7,10-11H2,1-3H3/p+1. The quantitative estimate of drug-likeness (QED) is 0.516. The average molecular weight is 296 g/mol. The van der Waals surface area contributed by atoms with Gasteiger partial charge in [0.1, 0.15) is 6.54 Å². The van der Waals surface area contributed by atoms with E-state index in [2.05, 4.69) is 43.5 Å². The summed E-state index contributed by atoms with van der Waals surface area (Å²) in [7, 11) is -3.84. The van der Waals surface area contributed by atoms with Crippen LogP contribution in [0.1, 0.15) is 39.2 Å². The molecule has 0 saturated carbocycles. The first-order chi connectivity index (χ1) is 9.23. The topological polar surface area (TPSA) is 57.4 Å². The van der Waals surface area contributed by atoms with Gasteiger partial charge in [0.15, 0.2) is 5.71 Å². The van der Waals surface area contributed by atoms with Crippen molar-refractivity contribution in [2.75, 3.05) is 12.3 Å². The van der Waals surface area contributed by atoms with E-state index >= 15 is 0 Å². The molecule has 0 atom stereocenters. The third-order valence-electron chi connectivity index (χ3n) is 4.21. The predicted molar refractivity (Wildman–Crippen MR) is 80.6 cm³/mol. The van der Waals surface area contributed by atoms with E-state index in [1.165, 1.54) is 17.0 Å². The number of nitrogens with zero attached hydrogens (tertiary/aromatic N) is 1. The summed E-state index contributed by atoms with van der Waals surface area (Å²) in [6.07, 6.45) is 1.22. The molecule has 0 bridgehead atoms. The lowest BCUT2D eigenvalue weighted by molar-refractivity contribution is -0.439. The molecule has 0 amide bonds. The summed E-state index contributed by atoms with van der Waals surface area (Å²) >= 11 is 0. The predicted octanol–water partition coefficient (Wildman–Crippen LogP) is 2.75. The highest BCUT2D eigenvalue weighted by atomic mass is 32.2. The first kappa shape index (κ1) is 15.2. The zero-order chi connectivity index (χ0) is 15.0. The second-order valence-electron chi connectivity index (χ2n) is 5.87. The number of fused-ring (bicyclic) bond motifs is 1. The van der Waals surface area contributed by atoms with E-state index in [9.17, 15) is 8.42 Å². The van der Waals surface area contributed by atoms with E-state index in [4.69, 9.17) is 4.55 Å². The van der Waals surface area contributed by atoms with Gasteiger partial charge in [0.25, 0.3) is 10.1 Å². The molecular weight excluding hydrogens is 274 g/mol. The van der Waals surface area contributed by atoms with Gasteiger partial charge in [-0.25, -0.2) is 0 Å². The average Bonchev–Trinajstić information content (AvgIpc) is 2.54. The molecule has 1 aromatic rings. The Morgan fingerprint density at radius 1 is 1.20 bits per heavy atom. The Bertz CT molecular complexity index is 645. The minimum absolute atomic E-state index is 0.0135. The molecule has 1 heterocycles. The minimum atomic E-state index is -3.84. The van der Waals surface area contributed by atoms with Crippen molar-refractivity contribution in [1.29, 1.82) is 0 Å². The lowest BCUT2D eigenvalue weighted by Crippen LogP contribution is -2.26. The molecule has 1 N–H and O–H groups in total. The molecule has 0 spiro atoms. The van der Waals surface area contributed by atoms with Gasteiger partial charge in [-0.3, -0.25) is 4.55 Å². The fraction of sp³-hybridized carbons (Fsp3) is 0.533. The summed E-state index contributed by atoms with van der Waals surface area (Å²) < 4.78 is 32.5. The van der Waals surface area contributed by atoms with Crippen LogP contribution < -0.4 is 0 Å². The van der Waals surface area contributed by atoms with Gasteiger partial charge >= 0.3 is 0 Å². The molecule has 0 unspecified atom stereocenters. The van der Waals surface area contributed by atoms with Gasteiger partial charge in [0.2, 0.25) is 5.69 Å². The Hall–Kier alpha value is -1.20. The van der Waals surface area contributed by atoms with Gasteiger partial charge in [-0.2, -0.15) is 13.0 Å². The molecule has 0 aliphatic carbocycles. The van der Waals surface area contributed by atoms with Crippen LogP contribution in [0.4, 0.5) is 5.69 Å². The summed E-state index contributed by atoms with van der Waals surface area (Å²) in [5, 5.41) is 0. The molecule has 0 fully saturated rings. The van der Waals surface area contributed by atoms with Gasteiger partial charge in [-0.1, -0.05) is 18.2 Å². The third-order valence-corrected chi connectivity index (χ3v) is 5.02. The van der Waals surface area contributed by atoms with Crippen LogP contribution >= 0.6 is 0 Å². The van der Waals surface area contributed by atoms with Gasteiger partial charge in [-0.05, 0) is 20.3 Å². The highest BCUT2D eigenvalue weighted by Crippen LogP contribution is 2.39. The molecule has 4 nitrogen and oxygen atoms in total. The van der Waals surface area contributed by atoms with Crippen LogP contribution in [0.5, 0.6) is 0 Å². The number of para-hydroxylation sites is 1. The SMILES string of the molecule is CC1=[N+](CCCCS(=O)(=O)O)c2ccccc2C1(C)C. The van der Waals surface area contributed by atoms with Crippen LogP contribution in [-0.4, -0.2) is 35.6 Å². The summed E-state index contributed by atoms with van der Waals surface area (Å²) in [5.41, 5.74) is 3.82. The summed E-state index contributed by atoms with van der Waals surface area (Å²) in [6, 6.07) is 8.34. The molecule has 20 heavy (non-hydrogen) atoms. The second kappa shape index (κ2) is 5.30. The van der Waals surface area contributed by atoms with E-state index in [0.717, 1.165) is 13.0 Å². The molecular formula is C15H22NO3S+. The normalized spacial score (nSPS) is 17.4. The van der Waals surface area contributed by atoms with Crippen molar-refractivity contribution in [3.63, 3.8) is 0 Å². The minimum Gasteiger partial charge on any atom is -0.286 e. The second-order valence-corrected chi connectivity index (χ2v) is 7.44. The van der Waals surface area contributed by atoms with Gasteiger partial charge in [0, 0.05) is 25.0 Å². The maximum absolute atomic E-state index is 10.7. The smallest absolute Gasteiger partial charge is 0.264 e. The highest BCUT2D eigenvalue weighted by molar-refractivity contribution is 7.85. The Balaban J connectivity index is 2.14. The first-order valence-electron chi connectivity index (χ1n) is 6.90. The summed E-state index contributed by atoms with van der Waals surface area (Å²) in [6.45, 7) is 7.32. The molecule has 5 heteroatoms. The van der Waals surface area contributed by atoms with E-state index in [1.54, 1.807) is 0 Å². The fourth-order valence-corrected chi connectivity index (χ4v) is 3.36. The summed E-state index contributed by atoms with van der Waals surface area (Å²) in [5.74, 6) is -0.162. The van der Waals surface area contributed by atoms with Gasteiger partial charge in [0.05, 0.1) is 11.2 Å². The highest BCUT2D eigenvalue weighted by Gasteiger charge is 2.42. The van der Waals surface area contributed by atoms with Gasteiger partial charge < -0.3 is 0 Å². The molecule has 0 saturated heterocycles. The van der Waals surface area contributed by atoms with Crippen LogP contribution in [0.3, 0.4) is 0 Å². The monoisotopic (exact) mass is 296 g/mol. The van der Waals surface area contributed by atoms with Crippen LogP contribution in [-0.2, 0) is 15.5 Å². The van der Waals surface area contributed by atoms with Crippen molar-refractivity contribution in [2.24, 2.45) is 0 Å². The number of rotatable bonds is 5. The maximum atomic E-state index is 10.7. The number of benzene rings is 1. The Labute approximate surface area is 120 Å². The molecule has 1 aromatic carbocycles. The van der Waals surface area contributed by atoms with Crippen molar-refractivity contribution < 1.29 is 17.5 Å². The van der Waals surface area contributed by atoms with Crippen molar-refractivity contribution in [3.8, 4) is 0 Å². The molecule has 1 aliphatic heterocycles. The maximum Gasteiger partial charge on any atom is 0.264 e. The first-order valence-corrected chi connectivity index (χ1v) is 8.50. The van der Waals surface area contributed by atoms with Crippen molar-refractivity contribution in [3.05, 3.63) is 29.8 Å². The largest absolute Gasteiger partial charge is 0.286 e. The fourth-order valence-electron chi connectivity index (χ4n) is 2.79. The molecule has 1 aliphatic rings. The van der Waals surface area contributed by atoms with E-state index < -0.39 is 10.1 Å². The van der Waals surface area contributed by atoms with Crippen LogP contribution in [0.15, 0.2) is 24.3 Å². The van der Waals surface area contributed by atoms with E-state index in [0.29, 0.717) is 6.42 Å².